The number of anilines is 2. The first-order valence-corrected chi connectivity index (χ1v) is 9.68. The molecule has 0 aliphatic carbocycles. The van der Waals surface area contributed by atoms with Crippen molar-refractivity contribution in [2.24, 2.45) is 0 Å². The van der Waals surface area contributed by atoms with Gasteiger partial charge in [0.15, 0.2) is 16.6 Å². The molecule has 0 radical (unpaired) electrons. The first-order valence-electron chi connectivity index (χ1n) is 7.98. The molecule has 4 aromatic rings. The lowest BCUT2D eigenvalue weighted by molar-refractivity contribution is 0.103. The highest BCUT2D eigenvalue weighted by Crippen LogP contribution is 2.38. The van der Waals surface area contributed by atoms with Crippen molar-refractivity contribution < 1.29 is 14.3 Å². The molecule has 0 aliphatic heterocycles. The van der Waals surface area contributed by atoms with E-state index in [1.807, 2.05) is 30.5 Å². The maximum atomic E-state index is 12.6. The van der Waals surface area contributed by atoms with E-state index < -0.39 is 0 Å². The number of nitrogens with zero attached hydrogens (tertiary/aromatic N) is 2. The Morgan fingerprint density at radius 1 is 1.15 bits per heavy atom. The molecule has 3 N–H and O–H groups in total. The van der Waals surface area contributed by atoms with Crippen LogP contribution in [0.3, 0.4) is 0 Å². The number of rotatable bonds is 4. The summed E-state index contributed by atoms with van der Waals surface area (Å²) in [7, 11) is 3.16. The van der Waals surface area contributed by atoms with Gasteiger partial charge in [0, 0.05) is 22.2 Å². The van der Waals surface area contributed by atoms with E-state index in [2.05, 4.69) is 15.3 Å². The maximum absolute atomic E-state index is 12.6. The van der Waals surface area contributed by atoms with Crippen molar-refractivity contribution in [1.82, 2.24) is 9.97 Å². The Labute approximate surface area is 162 Å². The van der Waals surface area contributed by atoms with Gasteiger partial charge >= 0.3 is 0 Å². The number of carbonyl (C=O) groups is 1. The molecule has 0 spiro atoms. The molecule has 7 nitrogen and oxygen atoms in total. The molecular weight excluding hydrogens is 384 g/mol. The second-order valence-corrected chi connectivity index (χ2v) is 7.69. The van der Waals surface area contributed by atoms with Crippen LogP contribution < -0.4 is 20.5 Å². The number of nitrogen functional groups attached to an aromatic ring is 1. The zero-order valence-corrected chi connectivity index (χ0v) is 16.5. The number of thiophene rings is 1. The van der Waals surface area contributed by atoms with Crippen LogP contribution in [0.2, 0.25) is 0 Å². The Kier molecular flexibility index (Phi) is 4.33. The van der Waals surface area contributed by atoms with E-state index in [4.69, 9.17) is 15.2 Å². The first-order chi connectivity index (χ1) is 13.0. The highest BCUT2D eigenvalue weighted by molar-refractivity contribution is 7.21. The first kappa shape index (κ1) is 17.5. The van der Waals surface area contributed by atoms with Crippen LogP contribution in [0.1, 0.15) is 15.4 Å². The van der Waals surface area contributed by atoms with Crippen molar-refractivity contribution in [3.05, 3.63) is 34.2 Å². The van der Waals surface area contributed by atoms with Gasteiger partial charge in [0.25, 0.3) is 5.91 Å². The van der Waals surface area contributed by atoms with Crippen LogP contribution in [0.4, 0.5) is 10.8 Å². The molecule has 1 amide bonds. The van der Waals surface area contributed by atoms with Crippen molar-refractivity contribution >= 4 is 60.5 Å². The summed E-state index contributed by atoms with van der Waals surface area (Å²) in [5.74, 6) is 0.916. The standard InChI is InChI=1S/C18H16N4O3S2/c1-8-7-26-18(20-8)22-16(23)15-14(19)10-4-9-5-12(24-2)13(25-3)6-11(9)21-17(10)27-15/h4-7H,19H2,1-3H3,(H,20,22,23). The Morgan fingerprint density at radius 3 is 2.56 bits per heavy atom. The number of methoxy groups -OCH3 is 2. The molecule has 0 atom stereocenters. The summed E-state index contributed by atoms with van der Waals surface area (Å²) in [5, 5.41) is 6.80. The lowest BCUT2D eigenvalue weighted by Crippen LogP contribution is -2.11. The molecule has 4 rings (SSSR count). The molecule has 0 unspecified atom stereocenters. The second-order valence-electron chi connectivity index (χ2n) is 5.83. The average molecular weight is 400 g/mol. The zero-order chi connectivity index (χ0) is 19.1. The number of fused-ring (bicyclic) bond motifs is 2. The minimum atomic E-state index is -0.288. The van der Waals surface area contributed by atoms with Crippen molar-refractivity contribution in [3.63, 3.8) is 0 Å². The highest BCUT2D eigenvalue weighted by atomic mass is 32.1. The van der Waals surface area contributed by atoms with E-state index >= 15 is 0 Å². The highest BCUT2D eigenvalue weighted by Gasteiger charge is 2.19. The molecule has 3 aromatic heterocycles. The third-order valence-electron chi connectivity index (χ3n) is 4.06. The van der Waals surface area contributed by atoms with E-state index in [1.165, 1.54) is 22.7 Å². The molecule has 3 heterocycles. The molecule has 0 fully saturated rings. The number of carbonyl (C=O) groups excluding carboxylic acids is 1. The number of ether oxygens (including phenoxy) is 2. The Hall–Kier alpha value is -2.91. The molecular formula is C18H16N4O3S2. The van der Waals surface area contributed by atoms with E-state index in [0.29, 0.717) is 32.0 Å². The molecule has 9 heteroatoms. The van der Waals surface area contributed by atoms with E-state index in [1.54, 1.807) is 14.2 Å². The predicted molar refractivity (Wildman–Crippen MR) is 109 cm³/mol. The minimum Gasteiger partial charge on any atom is -0.493 e. The number of aryl methyl sites for hydroxylation is 1. The number of pyridine rings is 1. The number of hydrogen-bond donors (Lipinski definition) is 2. The topological polar surface area (TPSA) is 99.4 Å². The van der Waals surface area contributed by atoms with E-state index in [9.17, 15) is 4.79 Å². The predicted octanol–water partition coefficient (Wildman–Crippen LogP) is 4.07. The largest absolute Gasteiger partial charge is 0.493 e. The van der Waals surface area contributed by atoms with Crippen LogP contribution in [0.15, 0.2) is 23.6 Å². The van der Waals surface area contributed by atoms with Crippen molar-refractivity contribution in [2.75, 3.05) is 25.3 Å². The van der Waals surface area contributed by atoms with Crippen molar-refractivity contribution in [3.8, 4) is 11.5 Å². The van der Waals surface area contributed by atoms with Gasteiger partial charge in [-0.1, -0.05) is 0 Å². The van der Waals surface area contributed by atoms with Crippen LogP contribution in [0, 0.1) is 6.92 Å². The number of aromatic nitrogens is 2. The lowest BCUT2D eigenvalue weighted by Gasteiger charge is -2.08. The molecule has 0 saturated carbocycles. The van der Waals surface area contributed by atoms with Crippen LogP contribution in [0.25, 0.3) is 21.1 Å². The normalized spacial score (nSPS) is 11.1. The van der Waals surface area contributed by atoms with Crippen molar-refractivity contribution in [1.29, 1.82) is 0 Å². The van der Waals surface area contributed by atoms with Crippen LogP contribution in [-0.2, 0) is 0 Å². The maximum Gasteiger partial charge on any atom is 0.269 e. The van der Waals surface area contributed by atoms with E-state index in [0.717, 1.165) is 22.0 Å². The smallest absolute Gasteiger partial charge is 0.269 e. The van der Waals surface area contributed by atoms with Gasteiger partial charge < -0.3 is 15.2 Å². The van der Waals surface area contributed by atoms with Gasteiger partial charge in [0.2, 0.25) is 0 Å². The second kappa shape index (κ2) is 6.67. The Bertz CT molecular complexity index is 1180. The summed E-state index contributed by atoms with van der Waals surface area (Å²) < 4.78 is 10.7. The molecule has 0 bridgehead atoms. The van der Waals surface area contributed by atoms with Crippen LogP contribution in [-0.4, -0.2) is 30.1 Å². The molecule has 138 valence electrons. The van der Waals surface area contributed by atoms with E-state index in [-0.39, 0.29) is 5.91 Å². The summed E-state index contributed by atoms with van der Waals surface area (Å²) in [6.45, 7) is 1.87. The lowest BCUT2D eigenvalue weighted by atomic mass is 10.1. The van der Waals surface area contributed by atoms with Crippen LogP contribution in [0.5, 0.6) is 11.5 Å². The molecule has 0 aliphatic rings. The zero-order valence-electron chi connectivity index (χ0n) is 14.8. The van der Waals surface area contributed by atoms with Crippen LogP contribution >= 0.6 is 22.7 Å². The fraction of sp³-hybridized carbons (Fsp3) is 0.167. The fourth-order valence-electron chi connectivity index (χ4n) is 2.76. The quantitative estimate of drug-likeness (QED) is 0.536. The number of hydrogen-bond acceptors (Lipinski definition) is 8. The average Bonchev–Trinajstić information content (AvgIpc) is 3.21. The van der Waals surface area contributed by atoms with Gasteiger partial charge in [-0.2, -0.15) is 0 Å². The minimum absolute atomic E-state index is 0.288. The van der Waals surface area contributed by atoms with Crippen molar-refractivity contribution in [2.45, 2.75) is 6.92 Å². The summed E-state index contributed by atoms with van der Waals surface area (Å²) in [4.78, 5) is 22.6. The SMILES string of the molecule is COc1cc2cc3c(N)c(C(=O)Nc4nc(C)cs4)sc3nc2cc1OC. The van der Waals surface area contributed by atoms with Gasteiger partial charge in [-0.05, 0) is 19.1 Å². The number of nitrogens with two attached hydrogens (primary N) is 1. The molecule has 1 aromatic carbocycles. The van der Waals surface area contributed by atoms with Gasteiger partial charge in [0.1, 0.15) is 9.71 Å². The number of thiazole rings is 1. The Morgan fingerprint density at radius 2 is 1.89 bits per heavy atom. The molecule has 0 saturated heterocycles. The molecule has 27 heavy (non-hydrogen) atoms. The Balaban J connectivity index is 1.80. The van der Waals surface area contributed by atoms with Gasteiger partial charge in [-0.15, -0.1) is 22.7 Å². The summed E-state index contributed by atoms with van der Waals surface area (Å²) in [6, 6.07) is 5.56. The fourth-order valence-corrected chi connectivity index (χ4v) is 4.42. The third kappa shape index (κ3) is 3.04. The van der Waals surface area contributed by atoms with Gasteiger partial charge in [0.05, 0.1) is 31.1 Å². The monoisotopic (exact) mass is 400 g/mol. The van der Waals surface area contributed by atoms with Gasteiger partial charge in [-0.3, -0.25) is 10.1 Å². The number of amides is 1. The number of benzene rings is 1. The summed E-state index contributed by atoms with van der Waals surface area (Å²) in [6.07, 6.45) is 0. The third-order valence-corrected chi connectivity index (χ3v) is 6.05. The summed E-state index contributed by atoms with van der Waals surface area (Å²) in [5.41, 5.74) is 8.26. The summed E-state index contributed by atoms with van der Waals surface area (Å²) >= 11 is 2.63. The number of nitrogens with one attached hydrogen (secondary N) is 1. The van der Waals surface area contributed by atoms with Gasteiger partial charge in [-0.25, -0.2) is 9.97 Å².